The Balaban J connectivity index is 2.10. The van der Waals surface area contributed by atoms with E-state index in [4.69, 9.17) is 9.47 Å². The molecule has 2 heterocycles. The van der Waals surface area contributed by atoms with Gasteiger partial charge in [-0.25, -0.2) is 4.98 Å². The molecule has 4 nitrogen and oxygen atoms in total. The summed E-state index contributed by atoms with van der Waals surface area (Å²) < 4.78 is 11.2. The molecule has 0 spiro atoms. The number of rotatable bonds is 3. The van der Waals surface area contributed by atoms with Gasteiger partial charge in [-0.3, -0.25) is 4.79 Å². The fourth-order valence-corrected chi connectivity index (χ4v) is 3.02. The third-order valence-electron chi connectivity index (χ3n) is 3.09. The van der Waals surface area contributed by atoms with Gasteiger partial charge in [0.2, 0.25) is 0 Å². The molecule has 0 radical (unpaired) electrons. The Hall–Kier alpha value is -1.88. The number of carbonyl (C=O) groups is 1. The van der Waals surface area contributed by atoms with Crippen molar-refractivity contribution in [2.45, 2.75) is 19.4 Å². The van der Waals surface area contributed by atoms with Gasteiger partial charge >= 0.3 is 0 Å². The normalized spacial score (nSPS) is 16.8. The molecule has 0 saturated carbocycles. The molecule has 0 N–H and O–H groups in total. The molecular formula is C14H13NO3S. The molecule has 2 aromatic rings. The molecule has 1 unspecified atom stereocenters. The van der Waals surface area contributed by atoms with Gasteiger partial charge < -0.3 is 9.47 Å². The van der Waals surface area contributed by atoms with Crippen LogP contribution in [0.5, 0.6) is 11.5 Å². The van der Waals surface area contributed by atoms with Crippen molar-refractivity contribution in [3.63, 3.8) is 0 Å². The molecular weight excluding hydrogens is 262 g/mol. The van der Waals surface area contributed by atoms with Gasteiger partial charge in [-0.05, 0) is 19.1 Å². The van der Waals surface area contributed by atoms with Crippen molar-refractivity contribution in [1.82, 2.24) is 4.98 Å². The van der Waals surface area contributed by atoms with E-state index < -0.39 is 0 Å². The molecule has 0 bridgehead atoms. The maximum absolute atomic E-state index is 10.7. The molecule has 1 aliphatic rings. The zero-order chi connectivity index (χ0) is 13.4. The van der Waals surface area contributed by atoms with Crippen LogP contribution in [0.4, 0.5) is 0 Å². The third kappa shape index (κ3) is 2.10. The van der Waals surface area contributed by atoms with Crippen molar-refractivity contribution in [2.75, 3.05) is 7.11 Å². The second-order valence-corrected chi connectivity index (χ2v) is 5.35. The molecule has 1 atom stereocenters. The minimum Gasteiger partial charge on any atom is -0.496 e. The Morgan fingerprint density at radius 3 is 3.05 bits per heavy atom. The van der Waals surface area contributed by atoms with Crippen LogP contribution >= 0.6 is 11.3 Å². The van der Waals surface area contributed by atoms with E-state index in [-0.39, 0.29) is 6.10 Å². The first kappa shape index (κ1) is 12.2. The Morgan fingerprint density at radius 1 is 1.53 bits per heavy atom. The molecule has 3 rings (SSSR count). The summed E-state index contributed by atoms with van der Waals surface area (Å²) in [5.41, 5.74) is 2.46. The first-order valence-corrected chi connectivity index (χ1v) is 6.88. The van der Waals surface area contributed by atoms with Crippen molar-refractivity contribution in [2.24, 2.45) is 0 Å². The fraction of sp³-hybridized carbons (Fsp3) is 0.286. The predicted molar refractivity (Wildman–Crippen MR) is 73.3 cm³/mol. The highest BCUT2D eigenvalue weighted by Gasteiger charge is 2.23. The van der Waals surface area contributed by atoms with E-state index in [2.05, 4.69) is 4.98 Å². The van der Waals surface area contributed by atoms with Crippen LogP contribution in [-0.4, -0.2) is 24.5 Å². The first-order chi connectivity index (χ1) is 9.21. The lowest BCUT2D eigenvalue weighted by Gasteiger charge is -2.09. The number of ether oxygens (including phenoxy) is 2. The number of nitrogens with zero attached hydrogens (tertiary/aromatic N) is 1. The summed E-state index contributed by atoms with van der Waals surface area (Å²) in [6.45, 7) is 2.04. The topological polar surface area (TPSA) is 48.4 Å². The van der Waals surface area contributed by atoms with Gasteiger partial charge in [0.25, 0.3) is 0 Å². The Bertz CT molecular complexity index is 636. The van der Waals surface area contributed by atoms with Gasteiger partial charge in [0, 0.05) is 17.4 Å². The number of aromatic nitrogens is 1. The molecule has 98 valence electrons. The number of carbonyl (C=O) groups excluding carboxylic acids is 1. The van der Waals surface area contributed by atoms with E-state index in [9.17, 15) is 4.79 Å². The van der Waals surface area contributed by atoms with Crippen LogP contribution < -0.4 is 9.47 Å². The van der Waals surface area contributed by atoms with Crippen LogP contribution in [0.2, 0.25) is 0 Å². The second kappa shape index (κ2) is 4.66. The number of thiazole rings is 1. The van der Waals surface area contributed by atoms with E-state index in [0.29, 0.717) is 5.69 Å². The van der Waals surface area contributed by atoms with E-state index >= 15 is 0 Å². The average Bonchev–Trinajstić information content (AvgIpc) is 3.01. The lowest BCUT2D eigenvalue weighted by atomic mass is 10.1. The highest BCUT2D eigenvalue weighted by atomic mass is 32.1. The SMILES string of the molecule is COc1cc2c(cc1-c1nc(C=O)cs1)OC(C)C2. The molecule has 19 heavy (non-hydrogen) atoms. The molecule has 1 aromatic carbocycles. The highest BCUT2D eigenvalue weighted by molar-refractivity contribution is 7.13. The largest absolute Gasteiger partial charge is 0.496 e. The van der Waals surface area contributed by atoms with Gasteiger partial charge in [0.05, 0.1) is 12.7 Å². The van der Waals surface area contributed by atoms with E-state index in [0.717, 1.165) is 40.3 Å². The molecule has 0 amide bonds. The quantitative estimate of drug-likeness (QED) is 0.808. The average molecular weight is 275 g/mol. The Labute approximate surface area is 115 Å². The van der Waals surface area contributed by atoms with Gasteiger partial charge in [-0.2, -0.15) is 0 Å². The summed E-state index contributed by atoms with van der Waals surface area (Å²) in [4.78, 5) is 15.0. The molecule has 0 fully saturated rings. The zero-order valence-corrected chi connectivity index (χ0v) is 11.5. The number of hydrogen-bond donors (Lipinski definition) is 0. The summed E-state index contributed by atoms with van der Waals surface area (Å²) >= 11 is 1.43. The lowest BCUT2D eigenvalue weighted by molar-refractivity contribution is 0.111. The third-order valence-corrected chi connectivity index (χ3v) is 3.99. The monoisotopic (exact) mass is 275 g/mol. The van der Waals surface area contributed by atoms with Gasteiger partial charge in [-0.1, -0.05) is 0 Å². The van der Waals surface area contributed by atoms with Crippen molar-refractivity contribution in [3.05, 3.63) is 28.8 Å². The van der Waals surface area contributed by atoms with E-state index in [1.165, 1.54) is 11.3 Å². The van der Waals surface area contributed by atoms with Crippen molar-refractivity contribution < 1.29 is 14.3 Å². The molecule has 1 aromatic heterocycles. The summed E-state index contributed by atoms with van der Waals surface area (Å²) in [5.74, 6) is 1.65. The standard InChI is InChI=1S/C14H13NO3S/c1-8-3-9-4-13(17-2)11(5-12(9)18-8)14-15-10(6-16)7-19-14/h4-8H,3H2,1-2H3. The smallest absolute Gasteiger partial charge is 0.169 e. The number of methoxy groups -OCH3 is 1. The summed E-state index contributed by atoms with van der Waals surface area (Å²) in [5, 5.41) is 2.50. The number of aldehydes is 1. The van der Waals surface area contributed by atoms with E-state index in [1.54, 1.807) is 12.5 Å². The van der Waals surface area contributed by atoms with Crippen molar-refractivity contribution in [3.8, 4) is 22.1 Å². The number of benzene rings is 1. The van der Waals surface area contributed by atoms with Crippen LogP contribution in [0.3, 0.4) is 0 Å². The minimum absolute atomic E-state index is 0.191. The molecule has 5 heteroatoms. The zero-order valence-electron chi connectivity index (χ0n) is 10.7. The predicted octanol–water partition coefficient (Wildman–Crippen LogP) is 2.95. The first-order valence-electron chi connectivity index (χ1n) is 6.00. The fourth-order valence-electron chi connectivity index (χ4n) is 2.24. The number of hydrogen-bond acceptors (Lipinski definition) is 5. The maximum Gasteiger partial charge on any atom is 0.169 e. The summed E-state index contributed by atoms with van der Waals surface area (Å²) in [7, 11) is 1.64. The van der Waals surface area contributed by atoms with Crippen LogP contribution in [-0.2, 0) is 6.42 Å². The summed E-state index contributed by atoms with van der Waals surface area (Å²) in [6, 6.07) is 3.95. The van der Waals surface area contributed by atoms with Crippen LogP contribution in [0, 0.1) is 0 Å². The summed E-state index contributed by atoms with van der Waals surface area (Å²) in [6.07, 6.45) is 1.83. The van der Waals surface area contributed by atoms with Crippen LogP contribution in [0.1, 0.15) is 23.0 Å². The van der Waals surface area contributed by atoms with Gasteiger partial charge in [0.1, 0.15) is 28.3 Å². The minimum atomic E-state index is 0.191. The van der Waals surface area contributed by atoms with Crippen LogP contribution in [0.15, 0.2) is 17.5 Å². The van der Waals surface area contributed by atoms with Crippen LogP contribution in [0.25, 0.3) is 10.6 Å². The maximum atomic E-state index is 10.7. The Morgan fingerprint density at radius 2 is 2.37 bits per heavy atom. The Kier molecular flexibility index (Phi) is 2.98. The molecule has 0 saturated heterocycles. The van der Waals surface area contributed by atoms with E-state index in [1.807, 2.05) is 19.1 Å². The number of fused-ring (bicyclic) bond motifs is 1. The van der Waals surface area contributed by atoms with Gasteiger partial charge in [-0.15, -0.1) is 11.3 Å². The highest BCUT2D eigenvalue weighted by Crippen LogP contribution is 2.40. The van der Waals surface area contributed by atoms with Crippen molar-refractivity contribution >= 4 is 17.6 Å². The second-order valence-electron chi connectivity index (χ2n) is 4.49. The molecule has 1 aliphatic heterocycles. The van der Waals surface area contributed by atoms with Gasteiger partial charge in [0.15, 0.2) is 6.29 Å². The van der Waals surface area contributed by atoms with Crippen molar-refractivity contribution in [1.29, 1.82) is 0 Å². The lowest BCUT2D eigenvalue weighted by Crippen LogP contribution is -2.05. The molecule has 0 aliphatic carbocycles.